The summed E-state index contributed by atoms with van der Waals surface area (Å²) in [4.78, 5) is 23.6. The van der Waals surface area contributed by atoms with E-state index in [2.05, 4.69) is 5.43 Å². The van der Waals surface area contributed by atoms with Crippen molar-refractivity contribution in [1.29, 1.82) is 0 Å². The minimum Gasteiger partial charge on any atom is -0.460 e. The summed E-state index contributed by atoms with van der Waals surface area (Å²) in [5.74, 6) is -0.713. The molecule has 0 spiro atoms. The van der Waals surface area contributed by atoms with Gasteiger partial charge in [0.15, 0.2) is 0 Å². The molecule has 0 radical (unpaired) electrons. The van der Waals surface area contributed by atoms with Crippen molar-refractivity contribution >= 4 is 46.7 Å². The first-order valence-electron chi connectivity index (χ1n) is 6.01. The van der Waals surface area contributed by atoms with Crippen molar-refractivity contribution in [2.45, 2.75) is 36.5 Å². The Morgan fingerprint density at radius 2 is 2.05 bits per heavy atom. The van der Waals surface area contributed by atoms with Gasteiger partial charge in [-0.1, -0.05) is 48.7 Å². The van der Waals surface area contributed by atoms with Crippen LogP contribution in [0.25, 0.3) is 0 Å². The van der Waals surface area contributed by atoms with Gasteiger partial charge in [0.2, 0.25) is 9.70 Å². The maximum atomic E-state index is 11.8. The Labute approximate surface area is 127 Å². The number of carbonyl (C=O) groups is 2. The standard InChI is InChI=1S/C11H17Cl3N2O3/c1-7(2)9(17)16-5-3-4-8(15-16)10(18)19-6-11(12,13)14/h7-8,15H,3-6H2,1-2H3/t8-/m0/s1. The zero-order valence-electron chi connectivity index (χ0n) is 10.8. The molecular weight excluding hydrogens is 314 g/mol. The maximum absolute atomic E-state index is 11.8. The van der Waals surface area contributed by atoms with Crippen molar-refractivity contribution in [3.63, 3.8) is 0 Å². The monoisotopic (exact) mass is 330 g/mol. The third kappa shape index (κ3) is 5.73. The topological polar surface area (TPSA) is 58.6 Å². The van der Waals surface area contributed by atoms with Crippen molar-refractivity contribution in [3.05, 3.63) is 0 Å². The molecule has 0 aromatic heterocycles. The molecule has 5 nitrogen and oxygen atoms in total. The third-order valence-corrected chi connectivity index (χ3v) is 2.94. The Kier molecular flexibility index (Phi) is 6.17. The molecule has 0 saturated carbocycles. The number of hydrogen-bond acceptors (Lipinski definition) is 4. The molecule has 1 N–H and O–H groups in total. The number of esters is 1. The van der Waals surface area contributed by atoms with E-state index in [0.717, 1.165) is 6.42 Å². The Balaban J connectivity index is 2.50. The van der Waals surface area contributed by atoms with Gasteiger partial charge < -0.3 is 4.74 Å². The molecule has 0 unspecified atom stereocenters. The van der Waals surface area contributed by atoms with Gasteiger partial charge in [-0.3, -0.25) is 14.6 Å². The van der Waals surface area contributed by atoms with Crippen molar-refractivity contribution in [2.24, 2.45) is 5.92 Å². The van der Waals surface area contributed by atoms with E-state index < -0.39 is 15.8 Å². The minimum absolute atomic E-state index is 0.0566. The zero-order valence-corrected chi connectivity index (χ0v) is 13.1. The van der Waals surface area contributed by atoms with Crippen LogP contribution in [0.2, 0.25) is 0 Å². The number of nitrogens with one attached hydrogen (secondary N) is 1. The Bertz CT molecular complexity index is 345. The molecule has 1 fully saturated rings. The molecule has 1 atom stereocenters. The Morgan fingerprint density at radius 3 is 2.58 bits per heavy atom. The van der Waals surface area contributed by atoms with E-state index in [-0.39, 0.29) is 18.4 Å². The fourth-order valence-electron chi connectivity index (χ4n) is 1.68. The molecule has 110 valence electrons. The normalized spacial score (nSPS) is 20.5. The van der Waals surface area contributed by atoms with Crippen LogP contribution < -0.4 is 5.43 Å². The summed E-state index contributed by atoms with van der Waals surface area (Å²) in [5.41, 5.74) is 2.85. The highest BCUT2D eigenvalue weighted by atomic mass is 35.6. The number of carbonyl (C=O) groups excluding carboxylic acids is 2. The molecule has 1 heterocycles. The van der Waals surface area contributed by atoms with Crippen molar-refractivity contribution < 1.29 is 14.3 Å². The summed E-state index contributed by atoms with van der Waals surface area (Å²) < 4.78 is 3.27. The van der Waals surface area contributed by atoms with Gasteiger partial charge in [-0.2, -0.15) is 0 Å². The fraction of sp³-hybridized carbons (Fsp3) is 0.818. The van der Waals surface area contributed by atoms with E-state index in [1.165, 1.54) is 5.01 Å². The molecule has 1 saturated heterocycles. The van der Waals surface area contributed by atoms with Crippen LogP contribution in [0.15, 0.2) is 0 Å². The quantitative estimate of drug-likeness (QED) is 0.635. The largest absolute Gasteiger partial charge is 0.460 e. The summed E-state index contributed by atoms with van der Waals surface area (Å²) in [6.07, 6.45) is 1.31. The second kappa shape index (κ2) is 6.97. The lowest BCUT2D eigenvalue weighted by Gasteiger charge is -2.33. The van der Waals surface area contributed by atoms with Gasteiger partial charge in [0, 0.05) is 12.5 Å². The average molecular weight is 332 g/mol. The Morgan fingerprint density at radius 1 is 1.42 bits per heavy atom. The minimum atomic E-state index is -1.63. The average Bonchev–Trinajstić information content (AvgIpc) is 2.34. The van der Waals surface area contributed by atoms with E-state index in [1.54, 1.807) is 13.8 Å². The van der Waals surface area contributed by atoms with Gasteiger partial charge in [-0.15, -0.1) is 0 Å². The molecule has 0 aliphatic carbocycles. The molecule has 19 heavy (non-hydrogen) atoms. The first-order chi connectivity index (χ1) is 8.70. The molecule has 8 heteroatoms. The van der Waals surface area contributed by atoms with Crippen LogP contribution in [0.1, 0.15) is 26.7 Å². The second-order valence-corrected chi connectivity index (χ2v) is 7.21. The number of halogens is 3. The van der Waals surface area contributed by atoms with Crippen LogP contribution in [-0.2, 0) is 14.3 Å². The van der Waals surface area contributed by atoms with Crippen LogP contribution in [0.5, 0.6) is 0 Å². The van der Waals surface area contributed by atoms with E-state index in [4.69, 9.17) is 39.5 Å². The van der Waals surface area contributed by atoms with Gasteiger partial charge in [-0.25, -0.2) is 5.43 Å². The smallest absolute Gasteiger partial charge is 0.325 e. The summed E-state index contributed by atoms with van der Waals surface area (Å²) in [7, 11) is 0. The highest BCUT2D eigenvalue weighted by Crippen LogP contribution is 2.26. The fourth-order valence-corrected chi connectivity index (χ4v) is 1.84. The molecule has 1 aliphatic heterocycles. The van der Waals surface area contributed by atoms with Gasteiger partial charge >= 0.3 is 5.97 Å². The van der Waals surface area contributed by atoms with E-state index >= 15 is 0 Å². The molecule has 0 aromatic carbocycles. The lowest BCUT2D eigenvalue weighted by atomic mass is 10.1. The van der Waals surface area contributed by atoms with Crippen LogP contribution in [0.3, 0.4) is 0 Å². The first kappa shape index (κ1) is 16.8. The van der Waals surface area contributed by atoms with Crippen LogP contribution >= 0.6 is 34.8 Å². The number of alkyl halides is 3. The summed E-state index contributed by atoms with van der Waals surface area (Å²) in [5, 5.41) is 1.45. The second-order valence-electron chi connectivity index (χ2n) is 4.69. The van der Waals surface area contributed by atoms with E-state index in [9.17, 15) is 9.59 Å². The molecule has 1 amide bonds. The highest BCUT2D eigenvalue weighted by Gasteiger charge is 2.31. The van der Waals surface area contributed by atoms with Gasteiger partial charge in [0.1, 0.15) is 12.6 Å². The predicted molar refractivity (Wildman–Crippen MR) is 74.0 cm³/mol. The summed E-state index contributed by atoms with van der Waals surface area (Å²) in [6.45, 7) is 3.86. The number of hydrogen-bond donors (Lipinski definition) is 1. The number of rotatable bonds is 3. The van der Waals surface area contributed by atoms with Crippen molar-refractivity contribution in [2.75, 3.05) is 13.2 Å². The molecule has 1 rings (SSSR count). The van der Waals surface area contributed by atoms with Crippen LogP contribution in [0.4, 0.5) is 0 Å². The van der Waals surface area contributed by atoms with Gasteiger partial charge in [-0.05, 0) is 12.8 Å². The summed E-state index contributed by atoms with van der Waals surface area (Å²) >= 11 is 16.5. The zero-order chi connectivity index (χ0) is 14.6. The number of ether oxygens (including phenoxy) is 1. The molecule has 0 bridgehead atoms. The lowest BCUT2D eigenvalue weighted by Crippen LogP contribution is -2.56. The first-order valence-corrected chi connectivity index (χ1v) is 7.15. The maximum Gasteiger partial charge on any atom is 0.325 e. The van der Waals surface area contributed by atoms with Crippen LogP contribution in [-0.4, -0.2) is 39.9 Å². The Hall–Kier alpha value is -0.230. The van der Waals surface area contributed by atoms with Crippen molar-refractivity contribution in [3.8, 4) is 0 Å². The van der Waals surface area contributed by atoms with E-state index in [0.29, 0.717) is 13.0 Å². The van der Waals surface area contributed by atoms with Crippen LogP contribution in [0, 0.1) is 5.92 Å². The molecule has 0 aromatic rings. The predicted octanol–water partition coefficient (Wildman–Crippen LogP) is 2.05. The highest BCUT2D eigenvalue weighted by molar-refractivity contribution is 6.67. The molecular formula is C11H17Cl3N2O3. The SMILES string of the molecule is CC(C)C(=O)N1CCC[C@@H](C(=O)OCC(Cl)(Cl)Cl)N1. The van der Waals surface area contributed by atoms with Gasteiger partial charge in [0.25, 0.3) is 0 Å². The summed E-state index contributed by atoms with van der Waals surface area (Å²) in [6, 6.07) is -0.580. The molecule has 1 aliphatic rings. The number of nitrogens with zero attached hydrogens (tertiary/aromatic N) is 1. The van der Waals surface area contributed by atoms with E-state index in [1.807, 2.05) is 0 Å². The van der Waals surface area contributed by atoms with Gasteiger partial charge in [0.05, 0.1) is 0 Å². The number of amides is 1. The third-order valence-electron chi connectivity index (χ3n) is 2.61. The lowest BCUT2D eigenvalue weighted by molar-refractivity contribution is -0.152. The number of hydrazine groups is 1. The van der Waals surface area contributed by atoms with Crippen molar-refractivity contribution in [1.82, 2.24) is 10.4 Å².